The number of anilines is 3. The Morgan fingerprint density at radius 1 is 1.02 bits per heavy atom. The molecule has 7 rings (SSSR count). The molecule has 272 valence electrons. The fraction of sp³-hybridized carbons (Fsp3) is 0.385. The second kappa shape index (κ2) is 15.4. The van der Waals surface area contributed by atoms with Gasteiger partial charge < -0.3 is 20.8 Å². The minimum atomic E-state index is -0.528. The van der Waals surface area contributed by atoms with Crippen LogP contribution in [-0.2, 0) is 11.3 Å². The van der Waals surface area contributed by atoms with E-state index < -0.39 is 5.82 Å². The first-order chi connectivity index (χ1) is 25.1. The highest BCUT2D eigenvalue weighted by atomic mass is 35.5. The van der Waals surface area contributed by atoms with Crippen LogP contribution in [0, 0.1) is 17.1 Å². The summed E-state index contributed by atoms with van der Waals surface area (Å²) in [6, 6.07) is 19.1. The first-order valence-corrected chi connectivity index (χ1v) is 18.5. The number of hydrazine groups is 2. The quantitative estimate of drug-likeness (QED) is 0.136. The minimum absolute atomic E-state index is 0.0271. The van der Waals surface area contributed by atoms with Crippen LogP contribution in [0.3, 0.4) is 0 Å². The predicted octanol–water partition coefficient (Wildman–Crippen LogP) is 7.71. The molecule has 13 heteroatoms. The molecule has 0 bridgehead atoms. The van der Waals surface area contributed by atoms with Gasteiger partial charge in [-0.3, -0.25) is 19.8 Å². The normalized spacial score (nSPS) is 18.2. The van der Waals surface area contributed by atoms with Gasteiger partial charge in [0.25, 0.3) is 0 Å². The van der Waals surface area contributed by atoms with Crippen LogP contribution in [-0.4, -0.2) is 70.8 Å². The Balaban J connectivity index is 1.23. The van der Waals surface area contributed by atoms with Crippen molar-refractivity contribution in [3.8, 4) is 6.07 Å². The summed E-state index contributed by atoms with van der Waals surface area (Å²) in [4.78, 5) is 9.49. The molecule has 3 aliphatic heterocycles. The van der Waals surface area contributed by atoms with Crippen LogP contribution in [0.25, 0.3) is 10.9 Å². The van der Waals surface area contributed by atoms with Gasteiger partial charge in [-0.15, -0.1) is 5.53 Å². The number of piperidine rings is 1. The summed E-state index contributed by atoms with van der Waals surface area (Å²) in [7, 11) is 0. The lowest BCUT2D eigenvalue weighted by Gasteiger charge is -2.42. The number of nitriles is 1. The number of ether oxygens (including phenoxy) is 1. The summed E-state index contributed by atoms with van der Waals surface area (Å²) < 4.78 is 19.6. The molecule has 0 aliphatic carbocycles. The number of morpholine rings is 1. The Morgan fingerprint density at radius 3 is 2.52 bits per heavy atom. The maximum absolute atomic E-state index is 14.0. The average Bonchev–Trinajstić information content (AvgIpc) is 3.63. The van der Waals surface area contributed by atoms with Gasteiger partial charge in [0, 0.05) is 73.5 Å². The Bertz CT molecular complexity index is 2000. The number of fused-ring (bicyclic) bond motifs is 1. The van der Waals surface area contributed by atoms with Gasteiger partial charge in [0.05, 0.1) is 51.8 Å². The van der Waals surface area contributed by atoms with Crippen LogP contribution in [0.5, 0.6) is 0 Å². The highest BCUT2D eigenvalue weighted by Crippen LogP contribution is 2.38. The molecule has 0 spiro atoms. The van der Waals surface area contributed by atoms with Gasteiger partial charge in [-0.25, -0.2) is 4.39 Å². The van der Waals surface area contributed by atoms with E-state index in [1.807, 2.05) is 12.1 Å². The highest BCUT2D eigenvalue weighted by molar-refractivity contribution is 6.36. The molecule has 4 N–H and O–H groups in total. The van der Waals surface area contributed by atoms with Crippen molar-refractivity contribution in [3.05, 3.63) is 105 Å². The summed E-state index contributed by atoms with van der Waals surface area (Å²) in [6.07, 6.45) is 5.75. The number of likely N-dealkylation sites (tertiary alicyclic amines) is 1. The van der Waals surface area contributed by atoms with Crippen molar-refractivity contribution in [2.24, 2.45) is 0 Å². The number of benzene rings is 3. The molecule has 4 heterocycles. The number of nitrogens with one attached hydrogen (secondary N) is 4. The zero-order valence-electron chi connectivity index (χ0n) is 29.6. The largest absolute Gasteiger partial charge is 0.379 e. The van der Waals surface area contributed by atoms with E-state index in [-0.39, 0.29) is 16.6 Å². The number of halogens is 3. The van der Waals surface area contributed by atoms with Gasteiger partial charge in [-0.2, -0.15) is 5.26 Å². The first-order valence-electron chi connectivity index (χ1n) is 17.7. The molecule has 1 aromatic heterocycles. The van der Waals surface area contributed by atoms with Crippen LogP contribution in [0.15, 0.2) is 72.7 Å². The lowest BCUT2D eigenvalue weighted by Crippen LogP contribution is -2.52. The van der Waals surface area contributed by atoms with E-state index in [2.05, 4.69) is 98.7 Å². The van der Waals surface area contributed by atoms with Crippen LogP contribution >= 0.6 is 23.2 Å². The molecule has 2 fully saturated rings. The third-order valence-electron chi connectivity index (χ3n) is 10.1. The summed E-state index contributed by atoms with van der Waals surface area (Å²) in [5.74, 6) is -0.528. The third-order valence-corrected chi connectivity index (χ3v) is 10.6. The number of hydrogen-bond donors (Lipinski definition) is 4. The van der Waals surface area contributed by atoms with E-state index in [0.29, 0.717) is 38.9 Å². The smallest absolute Gasteiger partial charge is 0.141 e. The van der Waals surface area contributed by atoms with Crippen molar-refractivity contribution in [2.45, 2.75) is 57.8 Å². The fourth-order valence-electron chi connectivity index (χ4n) is 7.18. The molecule has 2 saturated heterocycles. The van der Waals surface area contributed by atoms with E-state index in [1.54, 1.807) is 6.07 Å². The van der Waals surface area contributed by atoms with Gasteiger partial charge in [0.15, 0.2) is 0 Å². The number of rotatable bonds is 9. The number of nitrogens with zero attached hydrogens (tertiary/aromatic N) is 5. The van der Waals surface area contributed by atoms with Crippen molar-refractivity contribution in [1.82, 2.24) is 30.8 Å². The maximum atomic E-state index is 14.0. The summed E-state index contributed by atoms with van der Waals surface area (Å²) in [5, 5.41) is 20.3. The van der Waals surface area contributed by atoms with Crippen LogP contribution < -0.4 is 21.6 Å². The van der Waals surface area contributed by atoms with E-state index in [1.165, 1.54) is 23.9 Å². The highest BCUT2D eigenvalue weighted by Gasteiger charge is 2.32. The number of hydrogen-bond acceptors (Lipinski definition) is 10. The van der Waals surface area contributed by atoms with Crippen molar-refractivity contribution >= 4 is 51.2 Å². The Kier molecular flexibility index (Phi) is 10.8. The minimum Gasteiger partial charge on any atom is -0.379 e. The molecule has 4 aromatic rings. The van der Waals surface area contributed by atoms with Crippen molar-refractivity contribution in [3.63, 3.8) is 0 Å². The number of aromatic nitrogens is 1. The first kappa shape index (κ1) is 36.2. The summed E-state index contributed by atoms with van der Waals surface area (Å²) in [6.45, 7) is 13.0. The molecule has 10 nitrogen and oxygen atoms in total. The van der Waals surface area contributed by atoms with Crippen molar-refractivity contribution < 1.29 is 9.13 Å². The van der Waals surface area contributed by atoms with Crippen LogP contribution in [0.1, 0.15) is 56.3 Å². The second-order valence-electron chi connectivity index (χ2n) is 14.6. The molecular formula is C39H44Cl2FN9O. The van der Waals surface area contributed by atoms with Crippen LogP contribution in [0.2, 0.25) is 10.0 Å². The zero-order chi connectivity index (χ0) is 36.4. The van der Waals surface area contributed by atoms with Gasteiger partial charge in [-0.05, 0) is 75.1 Å². The Morgan fingerprint density at radius 2 is 1.79 bits per heavy atom. The van der Waals surface area contributed by atoms with E-state index in [9.17, 15) is 9.65 Å². The van der Waals surface area contributed by atoms with E-state index >= 15 is 0 Å². The molecule has 0 radical (unpaired) electrons. The lowest BCUT2D eigenvalue weighted by molar-refractivity contribution is 0.0342. The second-order valence-corrected chi connectivity index (χ2v) is 15.4. The standard InChI is InChI=1S/C39H44Cl2FN9O/c1-39(2,3)50-11-9-30(10-12-50)51-24-35(47-48-51)37(26-6-4-5-25(17-26)23-49-13-15-52-16-14-49)46-29-18-31-36(45-28-7-8-34(42)32(40)19-28)27(21-43)22-44-38(31)33(41)20-29/h4-8,17-20,22,24,30,37,46-48H,9-16,23H2,1-3H3,(H,44,45)/t37-/m0/s1. The fourth-order valence-corrected chi connectivity index (χ4v) is 7.63. The van der Waals surface area contributed by atoms with Crippen molar-refractivity contribution in [1.29, 1.82) is 5.26 Å². The predicted molar refractivity (Wildman–Crippen MR) is 206 cm³/mol. The molecule has 1 atom stereocenters. The van der Waals surface area contributed by atoms with Crippen LogP contribution in [0.4, 0.5) is 21.5 Å². The summed E-state index contributed by atoms with van der Waals surface area (Å²) in [5.41, 5.74) is 12.9. The van der Waals surface area contributed by atoms with Gasteiger partial charge in [0.1, 0.15) is 11.9 Å². The Labute approximate surface area is 314 Å². The van der Waals surface area contributed by atoms with Gasteiger partial charge >= 0.3 is 0 Å². The van der Waals surface area contributed by atoms with Gasteiger partial charge in [0.2, 0.25) is 0 Å². The monoisotopic (exact) mass is 743 g/mol. The molecule has 0 unspecified atom stereocenters. The topological polar surface area (TPSA) is 104 Å². The zero-order valence-corrected chi connectivity index (χ0v) is 31.2. The van der Waals surface area contributed by atoms with Gasteiger partial charge in [-0.1, -0.05) is 47.5 Å². The number of pyridine rings is 1. The molecular weight excluding hydrogens is 700 g/mol. The Hall–Kier alpha value is -4.15. The third kappa shape index (κ3) is 8.08. The molecule has 3 aliphatic rings. The molecule has 3 aromatic carbocycles. The molecule has 0 saturated carbocycles. The average molecular weight is 745 g/mol. The van der Waals surface area contributed by atoms with Crippen molar-refractivity contribution in [2.75, 3.05) is 50.0 Å². The molecule has 52 heavy (non-hydrogen) atoms. The lowest BCUT2D eigenvalue weighted by atomic mass is 9.97. The van der Waals surface area contributed by atoms with E-state index in [0.717, 1.165) is 75.7 Å². The molecule has 0 amide bonds. The summed E-state index contributed by atoms with van der Waals surface area (Å²) >= 11 is 13.0. The SMILES string of the molecule is CC(C)(C)N1CCC(N2C=C([C@@H](Nc3cc(Cl)c4ncc(C#N)c(Nc5ccc(F)c(Cl)c5)c4c3)c3cccc(CN4CCOCC4)c3)NN2)CC1. The maximum Gasteiger partial charge on any atom is 0.141 e. The van der Waals surface area contributed by atoms with E-state index in [4.69, 9.17) is 27.9 Å².